The summed E-state index contributed by atoms with van der Waals surface area (Å²) in [7, 11) is 0. The predicted molar refractivity (Wildman–Crippen MR) is 61.5 cm³/mol. The Labute approximate surface area is 95.2 Å². The van der Waals surface area contributed by atoms with Gasteiger partial charge in [-0.25, -0.2) is 4.79 Å². The summed E-state index contributed by atoms with van der Waals surface area (Å²) in [5, 5.41) is 0. The van der Waals surface area contributed by atoms with E-state index in [-0.39, 0.29) is 5.97 Å². The van der Waals surface area contributed by atoms with Crippen LogP contribution in [0.15, 0.2) is 18.2 Å². The molecule has 0 saturated heterocycles. The van der Waals surface area contributed by atoms with Crippen molar-refractivity contribution in [1.82, 2.24) is 0 Å². The molecule has 0 aliphatic heterocycles. The van der Waals surface area contributed by atoms with Crippen LogP contribution in [-0.4, -0.2) is 18.5 Å². The van der Waals surface area contributed by atoms with Crippen molar-refractivity contribution in [1.29, 1.82) is 0 Å². The topological polar surface area (TPSA) is 26.3 Å². The summed E-state index contributed by atoms with van der Waals surface area (Å²) in [6, 6.07) is 5.68. The van der Waals surface area contributed by atoms with E-state index in [9.17, 15) is 4.79 Å². The molecule has 0 spiro atoms. The molecule has 3 heteroatoms. The molecule has 0 fully saturated rings. The van der Waals surface area contributed by atoms with Gasteiger partial charge in [-0.15, -0.1) is 11.6 Å². The van der Waals surface area contributed by atoms with Gasteiger partial charge in [-0.05, 0) is 32.4 Å². The highest BCUT2D eigenvalue weighted by atomic mass is 35.5. The van der Waals surface area contributed by atoms with Gasteiger partial charge in [0.1, 0.15) is 0 Å². The molecule has 1 aromatic rings. The van der Waals surface area contributed by atoms with Crippen molar-refractivity contribution < 1.29 is 9.53 Å². The van der Waals surface area contributed by atoms with Gasteiger partial charge in [0, 0.05) is 5.88 Å². The average Bonchev–Trinajstić information content (AvgIpc) is 2.16. The Morgan fingerprint density at radius 3 is 2.40 bits per heavy atom. The summed E-state index contributed by atoms with van der Waals surface area (Å²) in [5.41, 5.74) is 2.75. The van der Waals surface area contributed by atoms with Crippen LogP contribution in [0.1, 0.15) is 27.9 Å². The van der Waals surface area contributed by atoms with Gasteiger partial charge in [0.2, 0.25) is 0 Å². The molecule has 0 unspecified atom stereocenters. The van der Waals surface area contributed by atoms with Crippen LogP contribution < -0.4 is 0 Å². The van der Waals surface area contributed by atoms with Gasteiger partial charge in [0.05, 0.1) is 12.2 Å². The monoisotopic (exact) mass is 226 g/mol. The number of halogens is 1. The van der Waals surface area contributed by atoms with Gasteiger partial charge in [-0.1, -0.05) is 17.2 Å². The molecular weight excluding hydrogens is 212 g/mol. The lowest BCUT2D eigenvalue weighted by molar-refractivity contribution is 0.0506. The van der Waals surface area contributed by atoms with E-state index in [1.807, 2.05) is 32.0 Å². The second-order valence-electron chi connectivity index (χ2n) is 3.55. The molecule has 0 radical (unpaired) electrons. The Morgan fingerprint density at radius 1 is 1.27 bits per heavy atom. The molecule has 0 aliphatic rings. The maximum absolute atomic E-state index is 11.6. The molecule has 2 nitrogen and oxygen atoms in total. The molecule has 0 aromatic heterocycles. The fourth-order valence-electron chi connectivity index (χ4n) is 1.40. The lowest BCUT2D eigenvalue weighted by atomic mass is 10.1. The molecule has 82 valence electrons. The first-order valence-electron chi connectivity index (χ1n) is 4.95. The van der Waals surface area contributed by atoms with Crippen LogP contribution in [-0.2, 0) is 4.74 Å². The van der Waals surface area contributed by atoms with Crippen LogP contribution in [0.4, 0.5) is 0 Å². The lowest BCUT2D eigenvalue weighted by Crippen LogP contribution is -2.07. The molecule has 0 aliphatic carbocycles. The van der Waals surface area contributed by atoms with Crippen molar-refractivity contribution in [2.75, 3.05) is 12.5 Å². The first-order chi connectivity index (χ1) is 7.13. The molecule has 0 heterocycles. The normalized spacial score (nSPS) is 10.1. The minimum absolute atomic E-state index is 0.271. The number of hydrogen-bond acceptors (Lipinski definition) is 2. The Morgan fingerprint density at radius 2 is 1.87 bits per heavy atom. The number of alkyl halides is 1. The highest BCUT2D eigenvalue weighted by molar-refractivity contribution is 6.17. The quantitative estimate of drug-likeness (QED) is 0.448. The largest absolute Gasteiger partial charge is 0.462 e. The summed E-state index contributed by atoms with van der Waals surface area (Å²) in [6.45, 7) is 4.31. The molecule has 0 saturated carbocycles. The number of aryl methyl sites for hydroxylation is 2. The number of ether oxygens (including phenoxy) is 1. The second kappa shape index (κ2) is 5.76. The molecular formula is C12H15ClO2. The van der Waals surface area contributed by atoms with Crippen molar-refractivity contribution in [3.05, 3.63) is 34.9 Å². The molecule has 0 bridgehead atoms. The Bertz CT molecular complexity index is 327. The fourth-order valence-corrected chi connectivity index (χ4v) is 1.50. The summed E-state index contributed by atoms with van der Waals surface area (Å²) >= 11 is 5.49. The smallest absolute Gasteiger partial charge is 0.338 e. The highest BCUT2D eigenvalue weighted by Gasteiger charge is 2.07. The van der Waals surface area contributed by atoms with E-state index < -0.39 is 0 Å². The van der Waals surface area contributed by atoms with Crippen molar-refractivity contribution in [3.63, 3.8) is 0 Å². The summed E-state index contributed by atoms with van der Waals surface area (Å²) in [5.74, 6) is 0.243. The lowest BCUT2D eigenvalue weighted by Gasteiger charge is -2.05. The van der Waals surface area contributed by atoms with Crippen LogP contribution in [0, 0.1) is 13.8 Å². The van der Waals surface area contributed by atoms with E-state index >= 15 is 0 Å². The minimum atomic E-state index is -0.271. The number of hydrogen-bond donors (Lipinski definition) is 0. The van der Waals surface area contributed by atoms with E-state index in [1.165, 1.54) is 0 Å². The SMILES string of the molecule is Cc1cc(C)cc(C(=O)OCCCCl)c1. The van der Waals surface area contributed by atoms with Crippen LogP contribution >= 0.6 is 11.6 Å². The first kappa shape index (κ1) is 12.1. The van der Waals surface area contributed by atoms with Gasteiger partial charge in [-0.2, -0.15) is 0 Å². The number of benzene rings is 1. The van der Waals surface area contributed by atoms with Crippen molar-refractivity contribution in [2.24, 2.45) is 0 Å². The average molecular weight is 227 g/mol. The fraction of sp³-hybridized carbons (Fsp3) is 0.417. The van der Waals surface area contributed by atoms with Crippen LogP contribution in [0.25, 0.3) is 0 Å². The molecule has 1 aromatic carbocycles. The summed E-state index contributed by atoms with van der Waals surface area (Å²) in [6.07, 6.45) is 0.693. The van der Waals surface area contributed by atoms with Crippen LogP contribution in [0.2, 0.25) is 0 Å². The predicted octanol–water partition coefficient (Wildman–Crippen LogP) is 3.09. The number of rotatable bonds is 4. The Hall–Kier alpha value is -1.02. The van der Waals surface area contributed by atoms with Crippen LogP contribution in [0.5, 0.6) is 0 Å². The Kier molecular flexibility index (Phi) is 4.63. The first-order valence-corrected chi connectivity index (χ1v) is 5.48. The third kappa shape index (κ3) is 3.92. The van der Waals surface area contributed by atoms with E-state index in [0.29, 0.717) is 24.5 Å². The molecule has 0 N–H and O–H groups in total. The van der Waals surface area contributed by atoms with Crippen molar-refractivity contribution in [3.8, 4) is 0 Å². The van der Waals surface area contributed by atoms with Gasteiger partial charge in [0.15, 0.2) is 0 Å². The third-order valence-corrected chi connectivity index (χ3v) is 2.24. The van der Waals surface area contributed by atoms with Crippen molar-refractivity contribution in [2.45, 2.75) is 20.3 Å². The zero-order valence-corrected chi connectivity index (χ0v) is 9.80. The van der Waals surface area contributed by atoms with E-state index in [0.717, 1.165) is 11.1 Å². The van der Waals surface area contributed by atoms with Gasteiger partial charge in [-0.3, -0.25) is 0 Å². The van der Waals surface area contributed by atoms with Gasteiger partial charge < -0.3 is 4.74 Å². The third-order valence-electron chi connectivity index (χ3n) is 1.97. The maximum atomic E-state index is 11.6. The highest BCUT2D eigenvalue weighted by Crippen LogP contribution is 2.10. The zero-order valence-electron chi connectivity index (χ0n) is 9.05. The van der Waals surface area contributed by atoms with E-state index in [4.69, 9.17) is 16.3 Å². The molecule has 1 rings (SSSR count). The Balaban J connectivity index is 2.65. The summed E-state index contributed by atoms with van der Waals surface area (Å²) < 4.78 is 5.06. The molecule has 15 heavy (non-hydrogen) atoms. The van der Waals surface area contributed by atoms with Crippen LogP contribution in [0.3, 0.4) is 0 Å². The molecule has 0 atom stereocenters. The number of carbonyl (C=O) groups is 1. The van der Waals surface area contributed by atoms with Gasteiger partial charge in [0.25, 0.3) is 0 Å². The second-order valence-corrected chi connectivity index (χ2v) is 3.93. The van der Waals surface area contributed by atoms with Crippen molar-refractivity contribution >= 4 is 17.6 Å². The number of carbonyl (C=O) groups excluding carboxylic acids is 1. The van der Waals surface area contributed by atoms with Gasteiger partial charge >= 0.3 is 5.97 Å². The van der Waals surface area contributed by atoms with E-state index in [1.54, 1.807) is 0 Å². The standard InChI is InChI=1S/C12H15ClO2/c1-9-6-10(2)8-11(7-9)12(14)15-5-3-4-13/h6-8H,3-5H2,1-2H3. The number of esters is 1. The zero-order chi connectivity index (χ0) is 11.3. The maximum Gasteiger partial charge on any atom is 0.338 e. The minimum Gasteiger partial charge on any atom is -0.462 e. The van der Waals surface area contributed by atoms with E-state index in [2.05, 4.69) is 0 Å². The molecule has 0 amide bonds. The summed E-state index contributed by atoms with van der Waals surface area (Å²) in [4.78, 5) is 11.6.